The summed E-state index contributed by atoms with van der Waals surface area (Å²) in [5.74, 6) is -2.61. The first-order chi connectivity index (χ1) is 11.3. The van der Waals surface area contributed by atoms with Crippen LogP contribution in [0, 0.1) is 11.6 Å². The quantitative estimate of drug-likeness (QED) is 0.877. The minimum absolute atomic E-state index is 0. The predicted octanol–water partition coefficient (Wildman–Crippen LogP) is 2.19. The van der Waals surface area contributed by atoms with E-state index in [9.17, 15) is 18.4 Å². The van der Waals surface area contributed by atoms with Gasteiger partial charge in [-0.2, -0.15) is 0 Å². The average Bonchev–Trinajstić information content (AvgIpc) is 2.54. The number of halogens is 3. The monoisotopic (exact) mass is 375 g/mol. The first-order valence-electron chi connectivity index (χ1n) is 8.09. The van der Waals surface area contributed by atoms with Gasteiger partial charge in [0, 0.05) is 26.2 Å². The summed E-state index contributed by atoms with van der Waals surface area (Å²) in [7, 11) is 0. The van der Waals surface area contributed by atoms with Gasteiger partial charge in [0.1, 0.15) is 17.2 Å². The number of nitrogens with two attached hydrogens (primary N) is 1. The molecule has 2 rings (SSSR count). The minimum Gasteiger partial charge on any atom is -0.338 e. The van der Waals surface area contributed by atoms with Crippen molar-refractivity contribution in [1.82, 2.24) is 9.80 Å². The molecule has 0 spiro atoms. The van der Waals surface area contributed by atoms with Crippen molar-refractivity contribution in [2.24, 2.45) is 5.73 Å². The van der Waals surface area contributed by atoms with E-state index in [1.165, 1.54) is 11.0 Å². The van der Waals surface area contributed by atoms with E-state index < -0.39 is 28.6 Å². The summed E-state index contributed by atoms with van der Waals surface area (Å²) in [6.45, 7) is 4.71. The standard InChI is InChI=1S/C17H23F2N3O2.ClH/c1-3-7-17(2,20)16(24)22-10-8-21(9-11-22)15(23)14-12(18)5-4-6-13(14)19;/h4-6H,3,7-11,20H2,1-2H3;1H. The van der Waals surface area contributed by atoms with E-state index in [2.05, 4.69) is 0 Å². The van der Waals surface area contributed by atoms with Gasteiger partial charge in [-0.15, -0.1) is 12.4 Å². The number of piperazine rings is 1. The van der Waals surface area contributed by atoms with E-state index in [0.29, 0.717) is 19.5 Å². The van der Waals surface area contributed by atoms with Crippen LogP contribution in [0.4, 0.5) is 8.78 Å². The second-order valence-electron chi connectivity index (χ2n) is 6.35. The average molecular weight is 376 g/mol. The van der Waals surface area contributed by atoms with E-state index in [1.54, 1.807) is 11.8 Å². The van der Waals surface area contributed by atoms with Crippen LogP contribution < -0.4 is 5.73 Å². The Kier molecular flexibility index (Phi) is 7.31. The zero-order chi connectivity index (χ0) is 17.9. The first kappa shape index (κ1) is 21.3. The molecule has 0 bridgehead atoms. The van der Waals surface area contributed by atoms with Crippen LogP contribution in [-0.2, 0) is 4.79 Å². The van der Waals surface area contributed by atoms with E-state index in [-0.39, 0.29) is 31.4 Å². The Morgan fingerprint density at radius 2 is 1.60 bits per heavy atom. The van der Waals surface area contributed by atoms with Gasteiger partial charge < -0.3 is 15.5 Å². The van der Waals surface area contributed by atoms with Crippen LogP contribution in [0.15, 0.2) is 18.2 Å². The molecule has 5 nitrogen and oxygen atoms in total. The summed E-state index contributed by atoms with van der Waals surface area (Å²) in [6.07, 6.45) is 1.37. The molecule has 2 amide bonds. The second kappa shape index (κ2) is 8.58. The van der Waals surface area contributed by atoms with Crippen LogP contribution in [0.2, 0.25) is 0 Å². The van der Waals surface area contributed by atoms with Gasteiger partial charge in [0.25, 0.3) is 5.91 Å². The fourth-order valence-electron chi connectivity index (χ4n) is 2.96. The minimum atomic E-state index is -0.932. The first-order valence-corrected chi connectivity index (χ1v) is 8.09. The van der Waals surface area contributed by atoms with Gasteiger partial charge in [-0.05, 0) is 25.5 Å². The molecule has 2 N–H and O–H groups in total. The molecule has 1 unspecified atom stereocenters. The number of nitrogens with zero attached hydrogens (tertiary/aromatic N) is 2. The smallest absolute Gasteiger partial charge is 0.259 e. The zero-order valence-corrected chi connectivity index (χ0v) is 15.2. The number of benzene rings is 1. The van der Waals surface area contributed by atoms with Gasteiger partial charge in [0.15, 0.2) is 0 Å². The van der Waals surface area contributed by atoms with Crippen molar-refractivity contribution in [3.05, 3.63) is 35.4 Å². The summed E-state index contributed by atoms with van der Waals surface area (Å²) >= 11 is 0. The van der Waals surface area contributed by atoms with Gasteiger partial charge in [-0.1, -0.05) is 19.4 Å². The van der Waals surface area contributed by atoms with Crippen LogP contribution in [0.25, 0.3) is 0 Å². The molecule has 0 saturated carbocycles. The van der Waals surface area contributed by atoms with Crippen LogP contribution >= 0.6 is 12.4 Å². The molecule has 1 heterocycles. The lowest BCUT2D eigenvalue weighted by Crippen LogP contribution is -2.58. The van der Waals surface area contributed by atoms with E-state index >= 15 is 0 Å². The lowest BCUT2D eigenvalue weighted by Gasteiger charge is -2.38. The largest absolute Gasteiger partial charge is 0.338 e. The Labute approximate surface area is 152 Å². The summed E-state index contributed by atoms with van der Waals surface area (Å²) < 4.78 is 27.5. The number of hydrogen-bond donors (Lipinski definition) is 1. The maximum absolute atomic E-state index is 13.7. The highest BCUT2D eigenvalue weighted by Crippen LogP contribution is 2.18. The van der Waals surface area contributed by atoms with E-state index in [4.69, 9.17) is 5.73 Å². The van der Waals surface area contributed by atoms with Crippen LogP contribution in [0.1, 0.15) is 37.0 Å². The van der Waals surface area contributed by atoms with Crippen molar-refractivity contribution in [2.45, 2.75) is 32.2 Å². The molecule has 0 aromatic heterocycles. The summed E-state index contributed by atoms with van der Waals surface area (Å²) in [5, 5.41) is 0. The van der Waals surface area contributed by atoms with Crippen molar-refractivity contribution in [3.8, 4) is 0 Å². The third-order valence-electron chi connectivity index (χ3n) is 4.29. The molecule has 1 aromatic carbocycles. The van der Waals surface area contributed by atoms with Crippen LogP contribution in [0.5, 0.6) is 0 Å². The van der Waals surface area contributed by atoms with Crippen LogP contribution in [-0.4, -0.2) is 53.3 Å². The van der Waals surface area contributed by atoms with Crippen molar-refractivity contribution in [2.75, 3.05) is 26.2 Å². The van der Waals surface area contributed by atoms with Gasteiger partial charge in [0.2, 0.25) is 5.91 Å². The van der Waals surface area contributed by atoms with Crippen LogP contribution in [0.3, 0.4) is 0 Å². The second-order valence-corrected chi connectivity index (χ2v) is 6.35. The van der Waals surface area contributed by atoms with Crippen molar-refractivity contribution in [3.63, 3.8) is 0 Å². The number of rotatable bonds is 4. The highest BCUT2D eigenvalue weighted by Gasteiger charge is 2.35. The third kappa shape index (κ3) is 4.67. The summed E-state index contributed by atoms with van der Waals surface area (Å²) in [6, 6.07) is 3.33. The molecule has 1 aromatic rings. The molecule has 1 aliphatic rings. The van der Waals surface area contributed by atoms with E-state index in [0.717, 1.165) is 18.6 Å². The third-order valence-corrected chi connectivity index (χ3v) is 4.29. The fraction of sp³-hybridized carbons (Fsp3) is 0.529. The van der Waals surface area contributed by atoms with Crippen molar-refractivity contribution >= 4 is 24.2 Å². The molecule has 8 heteroatoms. The molecule has 1 aliphatic heterocycles. The molecule has 140 valence electrons. The van der Waals surface area contributed by atoms with Gasteiger partial charge in [-0.3, -0.25) is 9.59 Å². The number of amides is 2. The Bertz CT molecular complexity index is 612. The molecule has 1 saturated heterocycles. The summed E-state index contributed by atoms with van der Waals surface area (Å²) in [5.41, 5.74) is 4.57. The Hall–Kier alpha value is -1.73. The Morgan fingerprint density at radius 3 is 2.08 bits per heavy atom. The SMILES string of the molecule is CCCC(C)(N)C(=O)N1CCN(C(=O)c2c(F)cccc2F)CC1.Cl. The number of carbonyl (C=O) groups excluding carboxylic acids is 2. The normalized spacial score (nSPS) is 16.8. The van der Waals surface area contributed by atoms with Crippen molar-refractivity contribution in [1.29, 1.82) is 0 Å². The maximum atomic E-state index is 13.7. The Morgan fingerprint density at radius 1 is 1.12 bits per heavy atom. The highest BCUT2D eigenvalue weighted by molar-refractivity contribution is 5.95. The van der Waals surface area contributed by atoms with Gasteiger partial charge in [0.05, 0.1) is 5.54 Å². The predicted molar refractivity (Wildman–Crippen MR) is 93.6 cm³/mol. The molecule has 1 fully saturated rings. The molecule has 25 heavy (non-hydrogen) atoms. The van der Waals surface area contributed by atoms with Gasteiger partial charge in [-0.25, -0.2) is 8.78 Å². The number of hydrogen-bond acceptors (Lipinski definition) is 3. The molecular formula is C17H24ClF2N3O2. The fourth-order valence-corrected chi connectivity index (χ4v) is 2.96. The highest BCUT2D eigenvalue weighted by atomic mass is 35.5. The number of carbonyl (C=O) groups is 2. The lowest BCUT2D eigenvalue weighted by atomic mass is 9.95. The zero-order valence-electron chi connectivity index (χ0n) is 14.4. The molecule has 0 aliphatic carbocycles. The van der Waals surface area contributed by atoms with E-state index in [1.807, 2.05) is 6.92 Å². The Balaban J connectivity index is 0.00000312. The topological polar surface area (TPSA) is 66.6 Å². The summed E-state index contributed by atoms with van der Waals surface area (Å²) in [4.78, 5) is 27.7. The molecule has 1 atom stereocenters. The van der Waals surface area contributed by atoms with Crippen molar-refractivity contribution < 1.29 is 18.4 Å². The lowest BCUT2D eigenvalue weighted by molar-refractivity contribution is -0.138. The van der Waals surface area contributed by atoms with Gasteiger partial charge >= 0.3 is 0 Å². The molecule has 0 radical (unpaired) electrons. The molecular weight excluding hydrogens is 352 g/mol. The maximum Gasteiger partial charge on any atom is 0.259 e.